The molecule has 0 aromatic carbocycles. The highest BCUT2D eigenvalue weighted by molar-refractivity contribution is 5.87. The number of carbonyl (C=O) groups is 2. The third-order valence-electron chi connectivity index (χ3n) is 3.48. The van der Waals surface area contributed by atoms with E-state index >= 15 is 0 Å². The van der Waals surface area contributed by atoms with E-state index in [0.717, 1.165) is 13.0 Å². The van der Waals surface area contributed by atoms with Crippen molar-refractivity contribution in [2.45, 2.75) is 34.1 Å². The molecule has 0 saturated carbocycles. The molecule has 0 aromatic heterocycles. The van der Waals surface area contributed by atoms with Crippen molar-refractivity contribution in [2.75, 3.05) is 26.2 Å². The number of rotatable bonds is 3. The van der Waals surface area contributed by atoms with Crippen molar-refractivity contribution >= 4 is 24.2 Å². The van der Waals surface area contributed by atoms with E-state index in [1.807, 2.05) is 20.8 Å². The van der Waals surface area contributed by atoms with Crippen LogP contribution in [0, 0.1) is 10.8 Å². The van der Waals surface area contributed by atoms with Crippen LogP contribution in [0.3, 0.4) is 0 Å². The number of hydrogen-bond acceptors (Lipinski definition) is 3. The molecule has 0 spiro atoms. The molecule has 3 N–H and O–H groups in total. The van der Waals surface area contributed by atoms with Crippen molar-refractivity contribution in [1.29, 1.82) is 0 Å². The van der Waals surface area contributed by atoms with Crippen molar-refractivity contribution in [3.63, 3.8) is 0 Å². The zero-order chi connectivity index (χ0) is 14.0. The predicted molar refractivity (Wildman–Crippen MR) is 78.1 cm³/mol. The summed E-state index contributed by atoms with van der Waals surface area (Å²) < 4.78 is 0. The van der Waals surface area contributed by atoms with Crippen LogP contribution in [0.5, 0.6) is 0 Å². The fraction of sp³-hybridized carbons (Fsp3) is 0.846. The van der Waals surface area contributed by atoms with Gasteiger partial charge in [-0.05, 0) is 18.4 Å². The van der Waals surface area contributed by atoms with Crippen molar-refractivity contribution in [1.82, 2.24) is 10.2 Å². The lowest BCUT2D eigenvalue weighted by atomic mass is 9.90. The zero-order valence-electron chi connectivity index (χ0n) is 12.3. The first kappa shape index (κ1) is 18.2. The monoisotopic (exact) mass is 291 g/mol. The molecule has 0 aliphatic carbocycles. The van der Waals surface area contributed by atoms with Gasteiger partial charge in [-0.25, -0.2) is 0 Å². The first-order valence-electron chi connectivity index (χ1n) is 6.44. The van der Waals surface area contributed by atoms with E-state index in [9.17, 15) is 9.59 Å². The van der Waals surface area contributed by atoms with Crippen molar-refractivity contribution in [3.8, 4) is 0 Å². The summed E-state index contributed by atoms with van der Waals surface area (Å²) in [5, 5.41) is 2.68. The van der Waals surface area contributed by atoms with Gasteiger partial charge in [0.1, 0.15) is 0 Å². The fourth-order valence-corrected chi connectivity index (χ4v) is 1.94. The maximum absolute atomic E-state index is 12.0. The quantitative estimate of drug-likeness (QED) is 0.806. The molecule has 1 rings (SSSR count). The van der Waals surface area contributed by atoms with Crippen LogP contribution in [0.4, 0.5) is 0 Å². The highest BCUT2D eigenvalue weighted by Crippen LogP contribution is 2.28. The predicted octanol–water partition coefficient (Wildman–Crippen LogP) is 0.768. The molecule has 1 atom stereocenters. The van der Waals surface area contributed by atoms with Crippen molar-refractivity contribution < 1.29 is 9.59 Å². The maximum Gasteiger partial charge on any atom is 0.241 e. The Kier molecular flexibility index (Phi) is 6.29. The minimum atomic E-state index is -0.461. The minimum Gasteiger partial charge on any atom is -0.347 e. The molecule has 1 aliphatic rings. The fourth-order valence-electron chi connectivity index (χ4n) is 1.94. The van der Waals surface area contributed by atoms with Gasteiger partial charge in [0, 0.05) is 18.5 Å². The van der Waals surface area contributed by atoms with Crippen LogP contribution in [-0.4, -0.2) is 42.9 Å². The lowest BCUT2D eigenvalue weighted by molar-refractivity contribution is -0.134. The van der Waals surface area contributed by atoms with Crippen LogP contribution >= 0.6 is 12.4 Å². The van der Waals surface area contributed by atoms with Gasteiger partial charge in [0.05, 0.1) is 6.54 Å². The summed E-state index contributed by atoms with van der Waals surface area (Å²) in [5.74, 6) is -0.124. The number of nitrogens with two attached hydrogens (primary N) is 1. The van der Waals surface area contributed by atoms with Crippen LogP contribution in [0.25, 0.3) is 0 Å². The number of likely N-dealkylation sites (tertiary alicyclic amines) is 1. The van der Waals surface area contributed by atoms with E-state index in [1.165, 1.54) is 0 Å². The molecular formula is C13H26ClN3O2. The number of nitrogens with one attached hydrogen (secondary N) is 1. The van der Waals surface area contributed by atoms with Crippen LogP contribution < -0.4 is 11.1 Å². The molecular weight excluding hydrogens is 266 g/mol. The average Bonchev–Trinajstić information content (AvgIpc) is 2.68. The van der Waals surface area contributed by atoms with E-state index in [4.69, 9.17) is 5.73 Å². The molecule has 19 heavy (non-hydrogen) atoms. The molecule has 1 unspecified atom stereocenters. The van der Waals surface area contributed by atoms with Gasteiger partial charge in [0.2, 0.25) is 11.8 Å². The Morgan fingerprint density at radius 1 is 1.37 bits per heavy atom. The molecule has 1 saturated heterocycles. The Morgan fingerprint density at radius 2 is 1.95 bits per heavy atom. The van der Waals surface area contributed by atoms with E-state index in [-0.39, 0.29) is 36.2 Å². The second kappa shape index (κ2) is 6.57. The third kappa shape index (κ3) is 4.99. The van der Waals surface area contributed by atoms with Gasteiger partial charge in [-0.2, -0.15) is 0 Å². The molecule has 112 valence electrons. The van der Waals surface area contributed by atoms with E-state index < -0.39 is 5.41 Å². The Hall–Kier alpha value is -0.810. The minimum absolute atomic E-state index is 0. The van der Waals surface area contributed by atoms with Crippen LogP contribution in [0.2, 0.25) is 0 Å². The summed E-state index contributed by atoms with van der Waals surface area (Å²) in [6, 6.07) is 0. The van der Waals surface area contributed by atoms with E-state index in [1.54, 1.807) is 4.90 Å². The standard InChI is InChI=1S/C13H25N3O2.ClH/c1-12(2,3)11(18)15-7-10(17)16-6-5-13(4,8-14)9-16;/h5-9,14H2,1-4H3,(H,15,18);1H. The first-order chi connectivity index (χ1) is 8.18. The lowest BCUT2D eigenvalue weighted by Crippen LogP contribution is -2.43. The van der Waals surface area contributed by atoms with Gasteiger partial charge in [0.15, 0.2) is 0 Å². The second-order valence-corrected chi connectivity index (χ2v) is 6.51. The summed E-state index contributed by atoms with van der Waals surface area (Å²) in [4.78, 5) is 25.4. The molecule has 1 fully saturated rings. The van der Waals surface area contributed by atoms with Gasteiger partial charge in [-0.3, -0.25) is 9.59 Å². The molecule has 0 radical (unpaired) electrons. The van der Waals surface area contributed by atoms with E-state index in [2.05, 4.69) is 12.2 Å². The number of hydrogen-bond donors (Lipinski definition) is 2. The molecule has 1 aliphatic heterocycles. The summed E-state index contributed by atoms with van der Waals surface area (Å²) in [6.45, 7) is 9.66. The van der Waals surface area contributed by atoms with Crippen LogP contribution in [0.15, 0.2) is 0 Å². The lowest BCUT2D eigenvalue weighted by Gasteiger charge is -2.23. The van der Waals surface area contributed by atoms with Crippen LogP contribution in [-0.2, 0) is 9.59 Å². The molecule has 5 nitrogen and oxygen atoms in total. The Bertz CT molecular complexity index is 341. The average molecular weight is 292 g/mol. The molecule has 0 bridgehead atoms. The largest absolute Gasteiger partial charge is 0.347 e. The van der Waals surface area contributed by atoms with Crippen molar-refractivity contribution in [2.24, 2.45) is 16.6 Å². The summed E-state index contributed by atoms with van der Waals surface area (Å²) in [7, 11) is 0. The van der Waals surface area contributed by atoms with Gasteiger partial charge < -0.3 is 16.0 Å². The van der Waals surface area contributed by atoms with E-state index in [0.29, 0.717) is 13.1 Å². The number of carbonyl (C=O) groups excluding carboxylic acids is 2. The summed E-state index contributed by atoms with van der Waals surface area (Å²) in [5.41, 5.74) is 5.27. The van der Waals surface area contributed by atoms with Gasteiger partial charge >= 0.3 is 0 Å². The highest BCUT2D eigenvalue weighted by atomic mass is 35.5. The smallest absolute Gasteiger partial charge is 0.241 e. The van der Waals surface area contributed by atoms with Gasteiger partial charge in [-0.15, -0.1) is 12.4 Å². The van der Waals surface area contributed by atoms with Gasteiger partial charge in [-0.1, -0.05) is 27.7 Å². The normalized spacial score (nSPS) is 22.9. The Morgan fingerprint density at radius 3 is 2.37 bits per heavy atom. The number of amides is 2. The topological polar surface area (TPSA) is 75.4 Å². The third-order valence-corrected chi connectivity index (χ3v) is 3.48. The van der Waals surface area contributed by atoms with Crippen LogP contribution in [0.1, 0.15) is 34.1 Å². The Balaban J connectivity index is 0.00000324. The molecule has 2 amide bonds. The second-order valence-electron chi connectivity index (χ2n) is 6.51. The zero-order valence-corrected chi connectivity index (χ0v) is 13.1. The maximum atomic E-state index is 12.0. The number of halogens is 1. The SMILES string of the molecule is CC1(CN)CCN(C(=O)CNC(=O)C(C)(C)C)C1.Cl. The Labute approximate surface area is 121 Å². The highest BCUT2D eigenvalue weighted by Gasteiger charge is 2.35. The summed E-state index contributed by atoms with van der Waals surface area (Å²) >= 11 is 0. The summed E-state index contributed by atoms with van der Waals surface area (Å²) in [6.07, 6.45) is 0.933. The number of nitrogens with zero attached hydrogens (tertiary/aromatic N) is 1. The van der Waals surface area contributed by atoms with Gasteiger partial charge in [0.25, 0.3) is 0 Å². The van der Waals surface area contributed by atoms with Crippen molar-refractivity contribution in [3.05, 3.63) is 0 Å². The molecule has 6 heteroatoms. The molecule has 0 aromatic rings. The first-order valence-corrected chi connectivity index (χ1v) is 6.44. The molecule has 1 heterocycles.